The van der Waals surface area contributed by atoms with Crippen LogP contribution in [0.25, 0.3) is 0 Å². The summed E-state index contributed by atoms with van der Waals surface area (Å²) in [6, 6.07) is 0. The quantitative estimate of drug-likeness (QED) is 0.374. The summed E-state index contributed by atoms with van der Waals surface area (Å²) in [6.07, 6.45) is 0. The summed E-state index contributed by atoms with van der Waals surface area (Å²) in [6.45, 7) is 0. The fraction of sp³-hybridized carbons (Fsp3) is 0. The summed E-state index contributed by atoms with van der Waals surface area (Å²) in [5.74, 6) is 0. The molecule has 0 aromatic rings. The van der Waals surface area contributed by atoms with Crippen molar-refractivity contribution < 1.29 is 22.5 Å². The molecule has 0 atom stereocenters. The summed E-state index contributed by atoms with van der Waals surface area (Å²) in [5, 5.41) is 0. The molecule has 0 aromatic carbocycles. The van der Waals surface area contributed by atoms with Gasteiger partial charge in [-0.3, -0.25) is 0 Å². The zero-order valence-corrected chi connectivity index (χ0v) is 5.72. The molecule has 0 fully saturated rings. The Hall–Kier alpha value is 1.78. The van der Waals surface area contributed by atoms with Crippen molar-refractivity contribution in [2.24, 2.45) is 0 Å². The fourth-order valence-corrected chi connectivity index (χ4v) is 0. The number of hydrogen-bond donors (Lipinski definition) is 0. The Balaban J connectivity index is 0. The average molecular weight is 123 g/mol. The van der Waals surface area contributed by atoms with Gasteiger partial charge in [-0.2, -0.15) is 0 Å². The summed E-state index contributed by atoms with van der Waals surface area (Å²) in [5.41, 5.74) is 0. The Kier molecular flexibility index (Phi) is 225. The van der Waals surface area contributed by atoms with Gasteiger partial charge in [0.2, 0.25) is 0 Å². The minimum absolute atomic E-state index is 0. The molecule has 0 aliphatic rings. The molecular weight excluding hydrogens is 123 g/mol. The normalized spacial score (nSPS) is 0. The Morgan fingerprint density at radius 3 is 1.00 bits per heavy atom. The van der Waals surface area contributed by atoms with Crippen LogP contribution in [-0.4, -0.2) is 40.4 Å². The van der Waals surface area contributed by atoms with Crippen LogP contribution in [0.2, 0.25) is 0 Å². The van der Waals surface area contributed by atoms with E-state index in [1.807, 2.05) is 0 Å². The minimum atomic E-state index is 0. The zero-order valence-electron chi connectivity index (χ0n) is 2.05. The van der Waals surface area contributed by atoms with E-state index in [-0.39, 0.29) is 63.0 Å². The van der Waals surface area contributed by atoms with E-state index in [0.29, 0.717) is 0 Å². The van der Waals surface area contributed by atoms with Crippen molar-refractivity contribution in [3.8, 4) is 0 Å². The number of rotatable bonds is 0. The minimum Gasteiger partial charge on any atom is -2.00 e. The van der Waals surface area contributed by atoms with Gasteiger partial charge in [0.1, 0.15) is 0 Å². The molecule has 1 nitrogen and oxygen atoms in total. The maximum Gasteiger partial charge on any atom is 3.00 e. The molecule has 0 rings (SSSR count). The third-order valence-corrected chi connectivity index (χ3v) is 0. The molecule has 14 valence electrons. The van der Waals surface area contributed by atoms with Gasteiger partial charge in [-0.1, -0.05) is 0 Å². The van der Waals surface area contributed by atoms with Crippen molar-refractivity contribution >= 4 is 40.4 Å². The van der Waals surface area contributed by atoms with Crippen LogP contribution in [0.4, 0.5) is 0 Å². The molecule has 0 amide bonds. The molecule has 0 N–H and O–H groups in total. The van der Waals surface area contributed by atoms with Crippen molar-refractivity contribution in [3.63, 3.8) is 0 Å². The molecule has 0 radical (unpaired) electrons. The van der Waals surface area contributed by atoms with Gasteiger partial charge in [-0.05, 0) is 0 Å². The molecule has 0 spiro atoms. The molecule has 0 aromatic heterocycles. The third-order valence-electron chi connectivity index (χ3n) is 0. The second-order valence-electron chi connectivity index (χ2n) is 0. The van der Waals surface area contributed by atoms with Gasteiger partial charge in [0, 0.05) is 0 Å². The van der Waals surface area contributed by atoms with Gasteiger partial charge >= 0.3 is 57.5 Å². The van der Waals surface area contributed by atoms with E-state index < -0.39 is 0 Å². The van der Waals surface area contributed by atoms with Crippen molar-refractivity contribution in [1.29, 1.82) is 0 Å². The van der Waals surface area contributed by atoms with Crippen molar-refractivity contribution in [3.05, 3.63) is 0 Å². The summed E-state index contributed by atoms with van der Waals surface area (Å²) in [4.78, 5) is 0. The largest absolute Gasteiger partial charge is 3.00 e. The molecule has 4 heavy (non-hydrogen) atoms. The molecule has 0 saturated carbocycles. The fourth-order valence-electron chi connectivity index (χ4n) is 0. The maximum absolute atomic E-state index is 0. The molecular formula is AlFeMgO+5. The Bertz CT molecular complexity index is 8.00. The van der Waals surface area contributed by atoms with E-state index in [1.54, 1.807) is 0 Å². The second-order valence-corrected chi connectivity index (χ2v) is 0. The van der Waals surface area contributed by atoms with Gasteiger partial charge in [-0.25, -0.2) is 0 Å². The Morgan fingerprint density at radius 1 is 1.00 bits per heavy atom. The van der Waals surface area contributed by atoms with Gasteiger partial charge < -0.3 is 5.48 Å². The van der Waals surface area contributed by atoms with Gasteiger partial charge in [0.15, 0.2) is 0 Å². The SMILES string of the molecule is [Al+3].[Fe+2].[Mg+2].[O-2]. The van der Waals surface area contributed by atoms with Crippen molar-refractivity contribution in [2.75, 3.05) is 0 Å². The van der Waals surface area contributed by atoms with Crippen LogP contribution in [0.5, 0.6) is 0 Å². The maximum atomic E-state index is 0. The molecule has 0 saturated heterocycles. The van der Waals surface area contributed by atoms with Gasteiger partial charge in [0.05, 0.1) is 0 Å². The van der Waals surface area contributed by atoms with Gasteiger partial charge in [0.25, 0.3) is 0 Å². The molecule has 0 aliphatic heterocycles. The van der Waals surface area contributed by atoms with Crippen molar-refractivity contribution in [1.82, 2.24) is 0 Å². The summed E-state index contributed by atoms with van der Waals surface area (Å²) in [7, 11) is 0. The van der Waals surface area contributed by atoms with E-state index in [1.165, 1.54) is 0 Å². The van der Waals surface area contributed by atoms with E-state index >= 15 is 0 Å². The topological polar surface area (TPSA) is 28.5 Å². The predicted octanol–water partition coefficient (Wildman–Crippen LogP) is -0.883. The van der Waals surface area contributed by atoms with Crippen LogP contribution in [-0.2, 0) is 22.5 Å². The predicted molar refractivity (Wildman–Crippen MR) is 12.2 cm³/mol. The molecule has 0 aliphatic carbocycles. The standard InChI is InChI=1S/Al.Fe.Mg.O/q+3;2*+2;-2. The first kappa shape index (κ1) is 41.7. The van der Waals surface area contributed by atoms with Crippen LogP contribution in [0.15, 0.2) is 0 Å². The molecule has 0 unspecified atom stereocenters. The first-order valence-corrected chi connectivity index (χ1v) is 0. The van der Waals surface area contributed by atoms with Crippen molar-refractivity contribution in [2.45, 2.75) is 0 Å². The first-order chi connectivity index (χ1) is 0. The average Bonchev–Trinajstić information content (AvgIpc) is 0. The Morgan fingerprint density at radius 2 is 1.00 bits per heavy atom. The number of hydrogen-bond acceptors (Lipinski definition) is 0. The summed E-state index contributed by atoms with van der Waals surface area (Å²) < 4.78 is 0. The Labute approximate surface area is 62.6 Å². The van der Waals surface area contributed by atoms with E-state index in [9.17, 15) is 0 Å². The summed E-state index contributed by atoms with van der Waals surface area (Å²) >= 11 is 0. The molecule has 4 heteroatoms. The van der Waals surface area contributed by atoms with E-state index in [2.05, 4.69) is 0 Å². The van der Waals surface area contributed by atoms with Crippen LogP contribution >= 0.6 is 0 Å². The smallest absolute Gasteiger partial charge is 2.00 e. The third kappa shape index (κ3) is 9.22. The monoisotopic (exact) mass is 123 g/mol. The van der Waals surface area contributed by atoms with Crippen LogP contribution in [0, 0.1) is 0 Å². The van der Waals surface area contributed by atoms with Crippen LogP contribution in [0.3, 0.4) is 0 Å². The first-order valence-electron chi connectivity index (χ1n) is 0. The van der Waals surface area contributed by atoms with E-state index in [0.717, 1.165) is 0 Å². The van der Waals surface area contributed by atoms with Gasteiger partial charge in [-0.15, -0.1) is 0 Å². The molecule has 0 bridgehead atoms. The second kappa shape index (κ2) is 21.6. The van der Waals surface area contributed by atoms with Crippen LogP contribution in [0.1, 0.15) is 0 Å². The molecule has 0 heterocycles. The van der Waals surface area contributed by atoms with E-state index in [4.69, 9.17) is 0 Å². The zero-order chi connectivity index (χ0) is 0. The van der Waals surface area contributed by atoms with Crippen LogP contribution < -0.4 is 0 Å².